The lowest BCUT2D eigenvalue weighted by molar-refractivity contribution is 0.305. The number of nitrogens with two attached hydrogens (primary N) is 1. The van der Waals surface area contributed by atoms with Gasteiger partial charge < -0.3 is 10.5 Å². The normalized spacial score (nSPS) is 10.2. The highest BCUT2D eigenvalue weighted by molar-refractivity contribution is 9.10. The van der Waals surface area contributed by atoms with Gasteiger partial charge in [-0.15, -0.1) is 0 Å². The maximum absolute atomic E-state index is 5.93. The zero-order valence-corrected chi connectivity index (χ0v) is 13.1. The molecule has 0 bridgehead atoms. The van der Waals surface area contributed by atoms with E-state index in [2.05, 4.69) is 15.9 Å². The van der Waals surface area contributed by atoms with Crippen molar-refractivity contribution in [2.24, 2.45) is 5.73 Å². The van der Waals surface area contributed by atoms with Crippen molar-refractivity contribution in [1.82, 2.24) is 0 Å². The number of rotatable bonds is 4. The molecule has 0 fully saturated rings. The molecular formula is C14H11BrClNOS. The molecule has 5 heteroatoms. The van der Waals surface area contributed by atoms with Crippen molar-refractivity contribution in [2.75, 3.05) is 0 Å². The monoisotopic (exact) mass is 355 g/mol. The van der Waals surface area contributed by atoms with Gasteiger partial charge in [0.25, 0.3) is 0 Å². The number of hydrogen-bond donors (Lipinski definition) is 1. The van der Waals surface area contributed by atoms with Crippen LogP contribution in [-0.4, -0.2) is 4.99 Å². The fourth-order valence-electron chi connectivity index (χ4n) is 1.61. The Morgan fingerprint density at radius 1 is 1.26 bits per heavy atom. The smallest absolute Gasteiger partial charge is 0.130 e. The molecule has 0 unspecified atom stereocenters. The molecule has 0 atom stereocenters. The maximum Gasteiger partial charge on any atom is 0.130 e. The molecule has 2 aromatic carbocycles. The molecule has 0 aliphatic carbocycles. The summed E-state index contributed by atoms with van der Waals surface area (Å²) in [7, 11) is 0. The Morgan fingerprint density at radius 2 is 2.05 bits per heavy atom. The zero-order valence-electron chi connectivity index (χ0n) is 9.90. The molecule has 0 aliphatic heterocycles. The number of thiocarbonyl (C=S) groups is 1. The summed E-state index contributed by atoms with van der Waals surface area (Å²) in [5.41, 5.74) is 7.39. The molecule has 0 radical (unpaired) electrons. The Kier molecular flexibility index (Phi) is 4.80. The second kappa shape index (κ2) is 6.37. The third-order valence-electron chi connectivity index (χ3n) is 2.49. The standard InChI is InChI=1S/C14H11BrClNOS/c15-10-4-5-13(12(7-10)14(17)19)18-8-9-2-1-3-11(16)6-9/h1-7H,8H2,(H2,17,19). The number of ether oxygens (including phenoxy) is 1. The van der Waals surface area contributed by atoms with Gasteiger partial charge in [-0.2, -0.15) is 0 Å². The van der Waals surface area contributed by atoms with Gasteiger partial charge in [0, 0.05) is 9.50 Å². The Balaban J connectivity index is 2.17. The van der Waals surface area contributed by atoms with E-state index in [4.69, 9.17) is 34.3 Å². The molecular weight excluding hydrogens is 346 g/mol. The highest BCUT2D eigenvalue weighted by atomic mass is 79.9. The van der Waals surface area contributed by atoms with Crippen molar-refractivity contribution in [3.63, 3.8) is 0 Å². The Morgan fingerprint density at radius 3 is 2.74 bits per heavy atom. The molecule has 19 heavy (non-hydrogen) atoms. The minimum Gasteiger partial charge on any atom is -0.488 e. The second-order valence-electron chi connectivity index (χ2n) is 3.92. The average molecular weight is 357 g/mol. The van der Waals surface area contributed by atoms with Crippen molar-refractivity contribution < 1.29 is 4.74 Å². The maximum atomic E-state index is 5.93. The summed E-state index contributed by atoms with van der Waals surface area (Å²) in [4.78, 5) is 0.308. The summed E-state index contributed by atoms with van der Waals surface area (Å²) < 4.78 is 6.66. The molecule has 0 saturated carbocycles. The molecule has 0 heterocycles. The van der Waals surface area contributed by atoms with E-state index in [0.717, 1.165) is 10.0 Å². The van der Waals surface area contributed by atoms with Crippen LogP contribution in [0.25, 0.3) is 0 Å². The predicted molar refractivity (Wildman–Crippen MR) is 85.8 cm³/mol. The van der Waals surface area contributed by atoms with Crippen LogP contribution in [-0.2, 0) is 6.61 Å². The van der Waals surface area contributed by atoms with Crippen molar-refractivity contribution in [3.8, 4) is 5.75 Å². The Labute approximate surface area is 130 Å². The summed E-state index contributed by atoms with van der Waals surface area (Å²) in [6.45, 7) is 0.414. The predicted octanol–water partition coefficient (Wildman–Crippen LogP) is 4.32. The largest absolute Gasteiger partial charge is 0.488 e. The van der Waals surface area contributed by atoms with Gasteiger partial charge in [0.1, 0.15) is 17.3 Å². The van der Waals surface area contributed by atoms with Crippen LogP contribution in [0, 0.1) is 0 Å². The molecule has 2 rings (SSSR count). The van der Waals surface area contributed by atoms with E-state index in [9.17, 15) is 0 Å². The van der Waals surface area contributed by atoms with E-state index in [-0.39, 0.29) is 0 Å². The number of halogens is 2. The lowest BCUT2D eigenvalue weighted by atomic mass is 10.2. The van der Waals surface area contributed by atoms with Gasteiger partial charge in [0.15, 0.2) is 0 Å². The van der Waals surface area contributed by atoms with Crippen molar-refractivity contribution in [1.29, 1.82) is 0 Å². The van der Waals surface area contributed by atoms with Crippen molar-refractivity contribution in [2.45, 2.75) is 6.61 Å². The molecule has 0 aliphatic rings. The van der Waals surface area contributed by atoms with E-state index < -0.39 is 0 Å². The summed E-state index contributed by atoms with van der Waals surface area (Å²) in [5, 5.41) is 0.687. The molecule has 98 valence electrons. The number of hydrogen-bond acceptors (Lipinski definition) is 2. The van der Waals surface area contributed by atoms with Crippen LogP contribution < -0.4 is 10.5 Å². The van der Waals surface area contributed by atoms with Crippen LogP contribution in [0.2, 0.25) is 5.02 Å². The van der Waals surface area contributed by atoms with Gasteiger partial charge in [0.2, 0.25) is 0 Å². The topological polar surface area (TPSA) is 35.2 Å². The SMILES string of the molecule is NC(=S)c1cc(Br)ccc1OCc1cccc(Cl)c1. The molecule has 2 N–H and O–H groups in total. The number of benzene rings is 2. The summed E-state index contributed by atoms with van der Waals surface area (Å²) in [5.74, 6) is 0.663. The molecule has 2 aromatic rings. The van der Waals surface area contributed by atoms with E-state index in [1.807, 2.05) is 42.5 Å². The highest BCUT2D eigenvalue weighted by Gasteiger charge is 2.07. The zero-order chi connectivity index (χ0) is 13.8. The Bertz CT molecular complexity index is 618. The summed E-state index contributed by atoms with van der Waals surface area (Å²) in [6.07, 6.45) is 0. The third-order valence-corrected chi connectivity index (χ3v) is 3.44. The van der Waals surface area contributed by atoms with Gasteiger partial charge in [0.05, 0.1) is 5.56 Å². The molecule has 0 saturated heterocycles. The summed E-state index contributed by atoms with van der Waals surface area (Å²) >= 11 is 14.3. The van der Waals surface area contributed by atoms with Crippen LogP contribution in [0.3, 0.4) is 0 Å². The van der Waals surface area contributed by atoms with Gasteiger partial charge in [-0.1, -0.05) is 51.9 Å². The van der Waals surface area contributed by atoms with E-state index in [0.29, 0.717) is 27.9 Å². The van der Waals surface area contributed by atoms with Crippen molar-refractivity contribution in [3.05, 3.63) is 63.1 Å². The first kappa shape index (κ1) is 14.3. The first-order chi connectivity index (χ1) is 9.06. The fraction of sp³-hybridized carbons (Fsp3) is 0.0714. The van der Waals surface area contributed by atoms with E-state index in [1.165, 1.54) is 0 Å². The van der Waals surface area contributed by atoms with Gasteiger partial charge in [-0.05, 0) is 35.9 Å². The highest BCUT2D eigenvalue weighted by Crippen LogP contribution is 2.24. The first-order valence-electron chi connectivity index (χ1n) is 5.53. The van der Waals surface area contributed by atoms with Gasteiger partial charge in [-0.3, -0.25) is 0 Å². The molecule has 2 nitrogen and oxygen atoms in total. The summed E-state index contributed by atoms with van der Waals surface area (Å²) in [6, 6.07) is 13.1. The van der Waals surface area contributed by atoms with Crippen LogP contribution in [0.1, 0.15) is 11.1 Å². The van der Waals surface area contributed by atoms with Crippen LogP contribution in [0.15, 0.2) is 46.9 Å². The van der Waals surface area contributed by atoms with Gasteiger partial charge in [-0.25, -0.2) is 0 Å². The lowest BCUT2D eigenvalue weighted by Gasteiger charge is -2.11. The van der Waals surface area contributed by atoms with Crippen molar-refractivity contribution >= 4 is 44.7 Å². The average Bonchev–Trinajstić information content (AvgIpc) is 2.37. The molecule has 0 spiro atoms. The second-order valence-corrected chi connectivity index (χ2v) is 5.72. The fourth-order valence-corrected chi connectivity index (χ4v) is 2.34. The van der Waals surface area contributed by atoms with Gasteiger partial charge >= 0.3 is 0 Å². The van der Waals surface area contributed by atoms with Crippen LogP contribution in [0.5, 0.6) is 5.75 Å². The molecule has 0 amide bonds. The third kappa shape index (κ3) is 3.93. The molecule has 0 aromatic heterocycles. The lowest BCUT2D eigenvalue weighted by Crippen LogP contribution is -2.11. The minimum absolute atomic E-state index is 0.308. The first-order valence-corrected chi connectivity index (χ1v) is 7.11. The Hall–Kier alpha value is -1.10. The van der Waals surface area contributed by atoms with E-state index in [1.54, 1.807) is 0 Å². The van der Waals surface area contributed by atoms with Crippen LogP contribution >= 0.6 is 39.7 Å². The van der Waals surface area contributed by atoms with E-state index >= 15 is 0 Å². The minimum atomic E-state index is 0.308. The van der Waals surface area contributed by atoms with Crippen LogP contribution in [0.4, 0.5) is 0 Å². The quantitative estimate of drug-likeness (QED) is 0.829.